The lowest BCUT2D eigenvalue weighted by Gasteiger charge is -2.18. The quantitative estimate of drug-likeness (QED) is 0.0262. The lowest BCUT2D eigenvalue weighted by molar-refractivity contribution is -0.167. The molecule has 0 rings (SSSR count). The van der Waals surface area contributed by atoms with Gasteiger partial charge in [-0.1, -0.05) is 220 Å². The molecule has 0 aliphatic heterocycles. The standard InChI is InChI=1S/C60H98O6/c1-4-7-10-13-16-18-20-22-24-26-27-28-29-30-31-32-33-35-36-38-40-42-44-47-50-53-59(62)65-56-57(55-64-58(61)52-49-46-15-12-9-6-3)66-60(63)54-51-48-45-43-41-39-37-34-25-23-21-19-17-14-11-8-5-2/h7-8,10-11,16-19,22-25,27-28,30-31,37,39,57H,4-6,9,12-15,20-21,26,29,32-36,38,40-56H2,1-3H3/b10-7-,11-8-,18-16-,19-17-,24-22-,25-23-,28-27-,31-30-,39-37-. The zero-order chi connectivity index (χ0) is 47.9. The van der Waals surface area contributed by atoms with Crippen molar-refractivity contribution >= 4 is 17.9 Å². The summed E-state index contributed by atoms with van der Waals surface area (Å²) >= 11 is 0. The summed E-state index contributed by atoms with van der Waals surface area (Å²) in [6.07, 6.45) is 72.5. The molecular weight excluding hydrogens is 817 g/mol. The minimum atomic E-state index is -0.791. The van der Waals surface area contributed by atoms with Gasteiger partial charge in [0.05, 0.1) is 0 Å². The third-order valence-electron chi connectivity index (χ3n) is 11.0. The van der Waals surface area contributed by atoms with Gasteiger partial charge in [0.2, 0.25) is 0 Å². The fourth-order valence-electron chi connectivity index (χ4n) is 7.05. The Kier molecular flexibility index (Phi) is 50.5. The Balaban J connectivity index is 4.22. The van der Waals surface area contributed by atoms with Gasteiger partial charge in [0.25, 0.3) is 0 Å². The molecule has 6 heteroatoms. The predicted octanol–water partition coefficient (Wildman–Crippen LogP) is 17.9. The molecule has 0 radical (unpaired) electrons. The van der Waals surface area contributed by atoms with E-state index in [0.717, 1.165) is 135 Å². The highest BCUT2D eigenvalue weighted by atomic mass is 16.6. The molecular formula is C60H98O6. The number of unbranched alkanes of at least 4 members (excludes halogenated alkanes) is 18. The Morgan fingerprint density at radius 3 is 0.924 bits per heavy atom. The number of carbonyl (C=O) groups excluding carboxylic acids is 3. The second-order valence-corrected chi connectivity index (χ2v) is 17.4. The highest BCUT2D eigenvalue weighted by molar-refractivity contribution is 5.71. The molecule has 0 heterocycles. The Hall–Kier alpha value is -3.93. The molecule has 0 bridgehead atoms. The molecule has 0 fully saturated rings. The molecule has 0 aromatic heterocycles. The smallest absolute Gasteiger partial charge is 0.306 e. The maximum atomic E-state index is 12.8. The lowest BCUT2D eigenvalue weighted by atomic mass is 10.1. The van der Waals surface area contributed by atoms with Gasteiger partial charge in [0.1, 0.15) is 13.2 Å². The first-order valence-electron chi connectivity index (χ1n) is 26.9. The third-order valence-corrected chi connectivity index (χ3v) is 11.0. The van der Waals surface area contributed by atoms with Gasteiger partial charge in [-0.25, -0.2) is 0 Å². The van der Waals surface area contributed by atoms with Crippen molar-refractivity contribution in [3.63, 3.8) is 0 Å². The Bertz CT molecular complexity index is 1370. The summed E-state index contributed by atoms with van der Waals surface area (Å²) in [4.78, 5) is 37.8. The van der Waals surface area contributed by atoms with Crippen LogP contribution in [0.3, 0.4) is 0 Å². The predicted molar refractivity (Wildman–Crippen MR) is 283 cm³/mol. The molecule has 0 aliphatic carbocycles. The van der Waals surface area contributed by atoms with E-state index in [2.05, 4.69) is 130 Å². The average Bonchev–Trinajstić information content (AvgIpc) is 3.31. The van der Waals surface area contributed by atoms with Crippen molar-refractivity contribution < 1.29 is 28.6 Å². The van der Waals surface area contributed by atoms with Gasteiger partial charge in [-0.05, 0) is 103 Å². The van der Waals surface area contributed by atoms with Gasteiger partial charge in [0, 0.05) is 19.3 Å². The van der Waals surface area contributed by atoms with Crippen molar-refractivity contribution in [1.29, 1.82) is 0 Å². The van der Waals surface area contributed by atoms with Crippen molar-refractivity contribution in [2.75, 3.05) is 13.2 Å². The number of allylic oxidation sites excluding steroid dienone is 18. The van der Waals surface area contributed by atoms with E-state index in [-0.39, 0.29) is 31.1 Å². The van der Waals surface area contributed by atoms with E-state index in [1.165, 1.54) is 57.8 Å². The van der Waals surface area contributed by atoms with Crippen molar-refractivity contribution in [2.45, 2.75) is 239 Å². The monoisotopic (exact) mass is 915 g/mol. The summed E-state index contributed by atoms with van der Waals surface area (Å²) in [5.74, 6) is -0.935. The molecule has 374 valence electrons. The van der Waals surface area contributed by atoms with Crippen LogP contribution < -0.4 is 0 Å². The fraction of sp³-hybridized carbons (Fsp3) is 0.650. The van der Waals surface area contributed by atoms with Crippen LogP contribution >= 0.6 is 0 Å². The maximum absolute atomic E-state index is 12.8. The second-order valence-electron chi connectivity index (χ2n) is 17.4. The molecule has 0 aromatic carbocycles. The first-order chi connectivity index (χ1) is 32.5. The molecule has 0 spiro atoms. The first-order valence-corrected chi connectivity index (χ1v) is 26.9. The van der Waals surface area contributed by atoms with E-state index < -0.39 is 6.10 Å². The molecule has 0 N–H and O–H groups in total. The molecule has 66 heavy (non-hydrogen) atoms. The Morgan fingerprint density at radius 1 is 0.318 bits per heavy atom. The minimum Gasteiger partial charge on any atom is -0.462 e. The summed E-state index contributed by atoms with van der Waals surface area (Å²) in [6.45, 7) is 6.32. The van der Waals surface area contributed by atoms with Crippen molar-refractivity contribution in [3.8, 4) is 0 Å². The summed E-state index contributed by atoms with van der Waals surface area (Å²) < 4.78 is 16.7. The normalized spacial score (nSPS) is 13.0. The van der Waals surface area contributed by atoms with Gasteiger partial charge in [0.15, 0.2) is 6.10 Å². The zero-order valence-corrected chi connectivity index (χ0v) is 42.7. The van der Waals surface area contributed by atoms with E-state index in [0.29, 0.717) is 19.3 Å². The molecule has 0 aromatic rings. The van der Waals surface area contributed by atoms with Crippen LogP contribution in [0.15, 0.2) is 109 Å². The fourth-order valence-corrected chi connectivity index (χ4v) is 7.05. The van der Waals surface area contributed by atoms with Crippen molar-refractivity contribution in [2.24, 2.45) is 0 Å². The zero-order valence-electron chi connectivity index (χ0n) is 42.7. The summed E-state index contributed by atoms with van der Waals surface area (Å²) in [5.41, 5.74) is 0. The van der Waals surface area contributed by atoms with Crippen LogP contribution in [0.5, 0.6) is 0 Å². The number of carbonyl (C=O) groups is 3. The molecule has 1 atom stereocenters. The molecule has 0 aliphatic rings. The van der Waals surface area contributed by atoms with Crippen LogP contribution in [0, 0.1) is 0 Å². The molecule has 6 nitrogen and oxygen atoms in total. The lowest BCUT2D eigenvalue weighted by Crippen LogP contribution is -2.30. The van der Waals surface area contributed by atoms with Crippen LogP contribution in [-0.4, -0.2) is 37.2 Å². The SMILES string of the molecule is CC/C=C\C/C=C\C/C=C\C/C=C\C/C=C\CCCCCCCCCCCC(=O)OCC(COC(=O)CCCCCCCC)OC(=O)CCCCCC/C=C\C/C=C\C/C=C\C/C=C\CC. The van der Waals surface area contributed by atoms with Gasteiger partial charge in [-0.15, -0.1) is 0 Å². The number of esters is 3. The molecule has 0 saturated heterocycles. The van der Waals surface area contributed by atoms with Crippen molar-refractivity contribution in [1.82, 2.24) is 0 Å². The van der Waals surface area contributed by atoms with Crippen molar-refractivity contribution in [3.05, 3.63) is 109 Å². The first kappa shape index (κ1) is 62.1. The van der Waals surface area contributed by atoms with Gasteiger partial charge in [-0.3, -0.25) is 14.4 Å². The number of rotatable bonds is 47. The molecule has 0 saturated carbocycles. The van der Waals surface area contributed by atoms with Crippen LogP contribution in [0.2, 0.25) is 0 Å². The van der Waals surface area contributed by atoms with Gasteiger partial charge < -0.3 is 14.2 Å². The number of hydrogen-bond acceptors (Lipinski definition) is 6. The van der Waals surface area contributed by atoms with E-state index >= 15 is 0 Å². The summed E-state index contributed by atoms with van der Waals surface area (Å²) in [7, 11) is 0. The largest absolute Gasteiger partial charge is 0.462 e. The average molecular weight is 915 g/mol. The van der Waals surface area contributed by atoms with E-state index in [1.54, 1.807) is 0 Å². The van der Waals surface area contributed by atoms with E-state index in [4.69, 9.17) is 14.2 Å². The van der Waals surface area contributed by atoms with Crippen LogP contribution in [0.25, 0.3) is 0 Å². The highest BCUT2D eigenvalue weighted by Gasteiger charge is 2.19. The molecule has 0 amide bonds. The van der Waals surface area contributed by atoms with Crippen LogP contribution in [0.1, 0.15) is 233 Å². The van der Waals surface area contributed by atoms with Gasteiger partial charge >= 0.3 is 17.9 Å². The Morgan fingerprint density at radius 2 is 0.591 bits per heavy atom. The maximum Gasteiger partial charge on any atom is 0.306 e. The summed E-state index contributed by atoms with van der Waals surface area (Å²) in [6, 6.07) is 0. The van der Waals surface area contributed by atoms with Crippen LogP contribution in [0.4, 0.5) is 0 Å². The number of ether oxygens (including phenoxy) is 3. The van der Waals surface area contributed by atoms with Crippen LogP contribution in [-0.2, 0) is 28.6 Å². The highest BCUT2D eigenvalue weighted by Crippen LogP contribution is 2.14. The number of hydrogen-bond donors (Lipinski definition) is 0. The third kappa shape index (κ3) is 51.1. The second kappa shape index (κ2) is 53.7. The van der Waals surface area contributed by atoms with E-state index in [1.807, 2.05) is 0 Å². The summed E-state index contributed by atoms with van der Waals surface area (Å²) in [5, 5.41) is 0. The van der Waals surface area contributed by atoms with Gasteiger partial charge in [-0.2, -0.15) is 0 Å². The molecule has 1 unspecified atom stereocenters. The van der Waals surface area contributed by atoms with E-state index in [9.17, 15) is 14.4 Å². The topological polar surface area (TPSA) is 78.9 Å². The minimum absolute atomic E-state index is 0.0913. The Labute approximate surface area is 406 Å².